The average Bonchev–Trinajstić information content (AvgIpc) is 3.53. The summed E-state index contributed by atoms with van der Waals surface area (Å²) in [5.41, 5.74) is 0.664. The maximum Gasteiger partial charge on any atom is 0.416 e. The van der Waals surface area contributed by atoms with E-state index in [1.807, 2.05) is 9.80 Å². The van der Waals surface area contributed by atoms with Gasteiger partial charge in [-0.2, -0.15) is 18.3 Å². The number of aliphatic hydroxyl groups excluding tert-OH is 1. The van der Waals surface area contributed by atoms with Gasteiger partial charge in [0.1, 0.15) is 0 Å². The van der Waals surface area contributed by atoms with Crippen molar-refractivity contribution in [3.8, 4) is 0 Å². The number of anilines is 1. The third kappa shape index (κ3) is 5.33. The third-order valence-electron chi connectivity index (χ3n) is 7.99. The van der Waals surface area contributed by atoms with Crippen LogP contribution in [0.1, 0.15) is 53.7 Å². The zero-order valence-electron chi connectivity index (χ0n) is 20.5. The number of morpholine rings is 1. The van der Waals surface area contributed by atoms with Crippen LogP contribution < -0.4 is 4.90 Å². The molecular weight excluding hydrogens is 491 g/mol. The van der Waals surface area contributed by atoms with Gasteiger partial charge in [-0.3, -0.25) is 9.80 Å². The molecule has 0 amide bonds. The number of aromatic nitrogens is 2. The van der Waals surface area contributed by atoms with Gasteiger partial charge in [0.05, 0.1) is 18.8 Å². The number of hydrogen-bond donors (Lipinski definition) is 2. The van der Waals surface area contributed by atoms with Gasteiger partial charge in [0.15, 0.2) is 5.69 Å². The summed E-state index contributed by atoms with van der Waals surface area (Å²) in [6.45, 7) is 4.73. The number of aliphatic hydroxyl groups is 1. The molecule has 202 valence electrons. The number of carboxylic acids is 1. The lowest BCUT2D eigenvalue weighted by molar-refractivity contribution is -0.137. The number of halogens is 3. The van der Waals surface area contributed by atoms with Gasteiger partial charge in [0.2, 0.25) is 6.35 Å². The topological polar surface area (TPSA) is 94.3 Å². The maximum absolute atomic E-state index is 13.5. The summed E-state index contributed by atoms with van der Waals surface area (Å²) in [6.07, 6.45) is -0.398. The first-order chi connectivity index (χ1) is 17.7. The quantitative estimate of drug-likeness (QED) is 0.597. The molecule has 5 rings (SSSR count). The Morgan fingerprint density at radius 2 is 1.81 bits per heavy atom. The Bertz CT molecular complexity index is 1110. The monoisotopic (exact) mass is 523 g/mol. The molecule has 1 unspecified atom stereocenters. The summed E-state index contributed by atoms with van der Waals surface area (Å²) >= 11 is 0. The standard InChI is InChI=1S/C25H32F3N5O4/c26-25(27,28)19-3-2-18(21(16-19)30-12-14-37-15-13-30)17-32-8-1-5-24(32)6-10-31(11-7-24)23(36)33-9-4-20(29-33)22(34)35/h2-4,9,16,23,36H,1,5-8,10-15,17H2,(H,34,35). The van der Waals surface area contributed by atoms with Crippen LogP contribution in [0.25, 0.3) is 0 Å². The molecule has 3 aliphatic heterocycles. The molecule has 0 radical (unpaired) electrons. The van der Waals surface area contributed by atoms with Gasteiger partial charge < -0.3 is 19.8 Å². The van der Waals surface area contributed by atoms with E-state index in [0.29, 0.717) is 51.6 Å². The molecule has 3 aliphatic rings. The van der Waals surface area contributed by atoms with E-state index in [1.54, 1.807) is 6.07 Å². The van der Waals surface area contributed by atoms with Crippen LogP contribution in [0.2, 0.25) is 0 Å². The highest BCUT2D eigenvalue weighted by Crippen LogP contribution is 2.42. The molecule has 1 aromatic carbocycles. The Balaban J connectivity index is 1.31. The van der Waals surface area contributed by atoms with Crippen LogP contribution in [0.4, 0.5) is 18.9 Å². The Hall–Kier alpha value is -2.67. The van der Waals surface area contributed by atoms with Crippen molar-refractivity contribution < 1.29 is 32.9 Å². The molecule has 3 saturated heterocycles. The van der Waals surface area contributed by atoms with Crippen molar-refractivity contribution in [2.75, 3.05) is 50.8 Å². The number of likely N-dealkylation sites (tertiary alicyclic amines) is 2. The van der Waals surface area contributed by atoms with Gasteiger partial charge in [0.25, 0.3) is 0 Å². The van der Waals surface area contributed by atoms with Crippen molar-refractivity contribution in [2.45, 2.75) is 50.3 Å². The summed E-state index contributed by atoms with van der Waals surface area (Å²) in [7, 11) is 0. The first kappa shape index (κ1) is 26.0. The number of aromatic carboxylic acids is 1. The lowest BCUT2D eigenvalue weighted by Gasteiger charge is -2.46. The molecule has 1 atom stereocenters. The summed E-state index contributed by atoms with van der Waals surface area (Å²) in [5.74, 6) is -1.15. The van der Waals surface area contributed by atoms with E-state index in [-0.39, 0.29) is 11.2 Å². The first-order valence-electron chi connectivity index (χ1n) is 12.6. The third-order valence-corrected chi connectivity index (χ3v) is 7.99. The second-order valence-electron chi connectivity index (χ2n) is 10.1. The molecule has 0 aliphatic carbocycles. The van der Waals surface area contributed by atoms with Crippen molar-refractivity contribution in [3.63, 3.8) is 0 Å². The predicted molar refractivity (Wildman–Crippen MR) is 128 cm³/mol. The summed E-state index contributed by atoms with van der Waals surface area (Å²) in [5, 5.41) is 23.8. The number of rotatable bonds is 6. The Morgan fingerprint density at radius 3 is 2.46 bits per heavy atom. The first-order valence-corrected chi connectivity index (χ1v) is 12.6. The smallest absolute Gasteiger partial charge is 0.416 e. The Morgan fingerprint density at radius 1 is 1.08 bits per heavy atom. The van der Waals surface area contributed by atoms with Crippen LogP contribution in [-0.4, -0.2) is 87.2 Å². The summed E-state index contributed by atoms with van der Waals surface area (Å²) in [4.78, 5) is 17.4. The van der Waals surface area contributed by atoms with Gasteiger partial charge in [-0.25, -0.2) is 9.48 Å². The van der Waals surface area contributed by atoms with Gasteiger partial charge in [0, 0.05) is 50.1 Å². The van der Waals surface area contributed by atoms with Gasteiger partial charge in [-0.05, 0) is 56.0 Å². The molecule has 12 heteroatoms. The van der Waals surface area contributed by atoms with Crippen LogP contribution in [0, 0.1) is 0 Å². The molecular formula is C25H32F3N5O4. The van der Waals surface area contributed by atoms with Crippen LogP contribution in [-0.2, 0) is 17.5 Å². The number of alkyl halides is 3. The predicted octanol–water partition coefficient (Wildman–Crippen LogP) is 3.02. The molecule has 2 N–H and O–H groups in total. The highest BCUT2D eigenvalue weighted by atomic mass is 19.4. The fourth-order valence-electron chi connectivity index (χ4n) is 5.90. The van der Waals surface area contributed by atoms with Crippen LogP contribution in [0.3, 0.4) is 0 Å². The van der Waals surface area contributed by atoms with E-state index in [4.69, 9.17) is 9.84 Å². The normalized spacial score (nSPS) is 22.0. The zero-order chi connectivity index (χ0) is 26.2. The van der Waals surface area contributed by atoms with Crippen LogP contribution >= 0.6 is 0 Å². The molecule has 0 saturated carbocycles. The lowest BCUT2D eigenvalue weighted by atomic mass is 9.84. The number of benzene rings is 1. The number of carboxylic acid groups (broad SMARTS) is 1. The molecule has 1 aromatic heterocycles. The minimum absolute atomic E-state index is 0.0858. The number of nitrogens with zero attached hydrogens (tertiary/aromatic N) is 5. The Kier molecular flexibility index (Phi) is 7.18. The highest BCUT2D eigenvalue weighted by molar-refractivity contribution is 5.85. The highest BCUT2D eigenvalue weighted by Gasteiger charge is 2.44. The molecule has 2 aromatic rings. The van der Waals surface area contributed by atoms with E-state index < -0.39 is 24.1 Å². The number of piperidine rings is 1. The van der Waals surface area contributed by atoms with Gasteiger partial charge >= 0.3 is 12.1 Å². The fraction of sp³-hybridized carbons (Fsp3) is 0.600. The summed E-state index contributed by atoms with van der Waals surface area (Å²) < 4.78 is 47.2. The van der Waals surface area contributed by atoms with Crippen molar-refractivity contribution in [3.05, 3.63) is 47.3 Å². The van der Waals surface area contributed by atoms with Crippen molar-refractivity contribution >= 4 is 11.7 Å². The van der Waals surface area contributed by atoms with Crippen molar-refractivity contribution in [1.29, 1.82) is 0 Å². The lowest BCUT2D eigenvalue weighted by Crippen LogP contribution is -2.53. The van der Waals surface area contributed by atoms with E-state index in [2.05, 4.69) is 10.00 Å². The van der Waals surface area contributed by atoms with E-state index >= 15 is 0 Å². The number of ether oxygens (including phenoxy) is 1. The molecule has 37 heavy (non-hydrogen) atoms. The molecule has 9 nitrogen and oxygen atoms in total. The fourth-order valence-corrected chi connectivity index (χ4v) is 5.90. The SMILES string of the molecule is O=C(O)c1ccn(C(O)N2CCC3(CCCN3Cc3ccc(C(F)(F)F)cc3N3CCOCC3)CC2)n1. The van der Waals surface area contributed by atoms with Crippen LogP contribution in [0.15, 0.2) is 30.5 Å². The largest absolute Gasteiger partial charge is 0.476 e. The Labute approximate surface area is 213 Å². The maximum atomic E-state index is 13.5. The number of carbonyl (C=O) groups is 1. The van der Waals surface area contributed by atoms with Crippen molar-refractivity contribution in [1.82, 2.24) is 19.6 Å². The van der Waals surface area contributed by atoms with Gasteiger partial charge in [-0.15, -0.1) is 0 Å². The zero-order valence-corrected chi connectivity index (χ0v) is 20.5. The van der Waals surface area contributed by atoms with Gasteiger partial charge in [-0.1, -0.05) is 6.07 Å². The van der Waals surface area contributed by atoms with Crippen LogP contribution in [0.5, 0.6) is 0 Å². The van der Waals surface area contributed by atoms with Crippen molar-refractivity contribution in [2.24, 2.45) is 0 Å². The second kappa shape index (κ2) is 10.2. The number of hydrogen-bond acceptors (Lipinski definition) is 7. The molecule has 0 bridgehead atoms. The minimum atomic E-state index is -4.40. The second-order valence-corrected chi connectivity index (χ2v) is 10.1. The van der Waals surface area contributed by atoms with E-state index in [9.17, 15) is 23.1 Å². The average molecular weight is 524 g/mol. The van der Waals surface area contributed by atoms with E-state index in [1.165, 1.54) is 29.1 Å². The minimum Gasteiger partial charge on any atom is -0.476 e. The summed E-state index contributed by atoms with van der Waals surface area (Å²) in [6, 6.07) is 5.43. The molecule has 1 spiro atoms. The molecule has 4 heterocycles. The van der Waals surface area contributed by atoms with E-state index in [0.717, 1.165) is 37.8 Å². The molecule has 3 fully saturated rings.